The van der Waals surface area contributed by atoms with Crippen LogP contribution in [0.2, 0.25) is 0 Å². The van der Waals surface area contributed by atoms with Crippen LogP contribution in [0, 0.1) is 18.6 Å². The van der Waals surface area contributed by atoms with Crippen LogP contribution in [0.3, 0.4) is 0 Å². The number of hydrogen-bond donors (Lipinski definition) is 2. The summed E-state index contributed by atoms with van der Waals surface area (Å²) in [6, 6.07) is 9.91. The Hall–Kier alpha value is -2.41. The first kappa shape index (κ1) is 16.4. The van der Waals surface area contributed by atoms with E-state index in [9.17, 15) is 13.6 Å². The number of hydrogen-bond acceptors (Lipinski definition) is 3. The molecule has 24 heavy (non-hydrogen) atoms. The number of carbonyl (C=O) groups is 1. The third kappa shape index (κ3) is 3.73. The fraction of sp³-hybridized carbons (Fsp3) is 0.176. The van der Waals surface area contributed by atoms with Gasteiger partial charge in [0.15, 0.2) is 16.8 Å². The van der Waals surface area contributed by atoms with E-state index in [2.05, 4.69) is 15.3 Å². The standard InChI is InChI=1S/C17H15F2N3OS/c1-10-4-2-3-5-11(10)8-20-16(23)9-24-17-21-14-6-12(18)13(19)7-15(14)22-17/h2-7H,8-9H2,1H3,(H,20,23)(H,21,22). The second-order valence-corrected chi connectivity index (χ2v) is 6.28. The number of imidazole rings is 1. The molecule has 0 atom stereocenters. The van der Waals surface area contributed by atoms with E-state index in [1.54, 1.807) is 0 Å². The number of thioether (sulfide) groups is 1. The zero-order valence-electron chi connectivity index (χ0n) is 12.9. The van der Waals surface area contributed by atoms with Crippen molar-refractivity contribution in [2.45, 2.75) is 18.6 Å². The van der Waals surface area contributed by atoms with Crippen molar-refractivity contribution in [1.82, 2.24) is 15.3 Å². The largest absolute Gasteiger partial charge is 0.351 e. The third-order valence-corrected chi connectivity index (χ3v) is 4.45. The highest BCUT2D eigenvalue weighted by Crippen LogP contribution is 2.21. The molecule has 4 nitrogen and oxygen atoms in total. The van der Waals surface area contributed by atoms with Gasteiger partial charge in [-0.25, -0.2) is 13.8 Å². The molecule has 1 amide bonds. The lowest BCUT2D eigenvalue weighted by atomic mass is 10.1. The Morgan fingerprint density at radius 1 is 1.25 bits per heavy atom. The number of aryl methyl sites for hydroxylation is 1. The zero-order chi connectivity index (χ0) is 17.1. The molecular formula is C17H15F2N3OS. The monoisotopic (exact) mass is 347 g/mol. The van der Waals surface area contributed by atoms with Crippen molar-refractivity contribution in [1.29, 1.82) is 0 Å². The van der Waals surface area contributed by atoms with Gasteiger partial charge in [0.05, 0.1) is 16.8 Å². The Bertz CT molecular complexity index is 856. The van der Waals surface area contributed by atoms with Crippen LogP contribution < -0.4 is 5.32 Å². The van der Waals surface area contributed by atoms with Gasteiger partial charge in [-0.2, -0.15) is 0 Å². The molecule has 0 radical (unpaired) electrons. The maximum absolute atomic E-state index is 13.2. The van der Waals surface area contributed by atoms with Crippen LogP contribution >= 0.6 is 11.8 Å². The minimum atomic E-state index is -0.943. The molecule has 1 heterocycles. The summed E-state index contributed by atoms with van der Waals surface area (Å²) < 4.78 is 26.3. The van der Waals surface area contributed by atoms with Crippen molar-refractivity contribution in [3.8, 4) is 0 Å². The molecule has 0 saturated carbocycles. The van der Waals surface area contributed by atoms with Gasteiger partial charge in [-0.3, -0.25) is 4.79 Å². The number of halogens is 2. The summed E-state index contributed by atoms with van der Waals surface area (Å²) in [7, 11) is 0. The molecule has 124 valence electrons. The lowest BCUT2D eigenvalue weighted by molar-refractivity contribution is -0.118. The number of carbonyl (C=O) groups excluding carboxylic acids is 1. The van der Waals surface area contributed by atoms with Crippen LogP contribution in [-0.2, 0) is 11.3 Å². The number of H-pyrrole nitrogens is 1. The van der Waals surface area contributed by atoms with Crippen molar-refractivity contribution in [3.05, 3.63) is 59.2 Å². The maximum Gasteiger partial charge on any atom is 0.230 e. The SMILES string of the molecule is Cc1ccccc1CNC(=O)CSc1nc2cc(F)c(F)cc2[nH]1. The summed E-state index contributed by atoms with van der Waals surface area (Å²) in [5, 5.41) is 3.29. The highest BCUT2D eigenvalue weighted by molar-refractivity contribution is 7.99. The lowest BCUT2D eigenvalue weighted by Gasteiger charge is -2.07. The summed E-state index contributed by atoms with van der Waals surface area (Å²) in [6.07, 6.45) is 0. The Morgan fingerprint density at radius 3 is 2.79 bits per heavy atom. The van der Waals surface area contributed by atoms with Crippen molar-refractivity contribution in [2.24, 2.45) is 0 Å². The average Bonchev–Trinajstić information content (AvgIpc) is 2.94. The van der Waals surface area contributed by atoms with E-state index < -0.39 is 11.6 Å². The predicted molar refractivity (Wildman–Crippen MR) is 89.8 cm³/mol. The zero-order valence-corrected chi connectivity index (χ0v) is 13.7. The van der Waals surface area contributed by atoms with Gasteiger partial charge in [-0.05, 0) is 18.1 Å². The van der Waals surface area contributed by atoms with Gasteiger partial charge in [-0.1, -0.05) is 36.0 Å². The minimum Gasteiger partial charge on any atom is -0.351 e. The van der Waals surface area contributed by atoms with Crippen molar-refractivity contribution in [3.63, 3.8) is 0 Å². The molecule has 0 aliphatic carbocycles. The second kappa shape index (κ2) is 7.00. The summed E-state index contributed by atoms with van der Waals surface area (Å²) >= 11 is 1.18. The van der Waals surface area contributed by atoms with Gasteiger partial charge < -0.3 is 10.3 Å². The quantitative estimate of drug-likeness (QED) is 0.694. The van der Waals surface area contributed by atoms with Gasteiger partial charge in [0.2, 0.25) is 5.91 Å². The number of nitrogens with one attached hydrogen (secondary N) is 2. The second-order valence-electron chi connectivity index (χ2n) is 5.32. The lowest BCUT2D eigenvalue weighted by Crippen LogP contribution is -2.24. The molecule has 0 aliphatic heterocycles. The molecule has 0 fully saturated rings. The van der Waals surface area contributed by atoms with E-state index in [4.69, 9.17) is 0 Å². The van der Waals surface area contributed by atoms with Gasteiger partial charge in [0.25, 0.3) is 0 Å². The first-order valence-corrected chi connectivity index (χ1v) is 8.30. The highest BCUT2D eigenvalue weighted by Gasteiger charge is 2.10. The van der Waals surface area contributed by atoms with Gasteiger partial charge in [0.1, 0.15) is 0 Å². The number of aromatic nitrogens is 2. The van der Waals surface area contributed by atoms with Gasteiger partial charge in [0, 0.05) is 18.7 Å². The molecule has 0 unspecified atom stereocenters. The Labute approximate surface area is 141 Å². The molecule has 0 saturated heterocycles. The molecule has 0 spiro atoms. The fourth-order valence-electron chi connectivity index (χ4n) is 2.24. The fourth-order valence-corrected chi connectivity index (χ4v) is 2.95. The topological polar surface area (TPSA) is 57.8 Å². The van der Waals surface area contributed by atoms with E-state index in [0.29, 0.717) is 22.7 Å². The van der Waals surface area contributed by atoms with E-state index >= 15 is 0 Å². The molecule has 7 heteroatoms. The highest BCUT2D eigenvalue weighted by atomic mass is 32.2. The summed E-state index contributed by atoms with van der Waals surface area (Å²) in [6.45, 7) is 2.45. The normalized spacial score (nSPS) is 11.0. The molecule has 2 aromatic carbocycles. The average molecular weight is 347 g/mol. The number of aromatic amines is 1. The number of amides is 1. The van der Waals surface area contributed by atoms with E-state index in [1.807, 2.05) is 31.2 Å². The van der Waals surface area contributed by atoms with Gasteiger partial charge in [-0.15, -0.1) is 0 Å². The van der Waals surface area contributed by atoms with Crippen LogP contribution in [0.15, 0.2) is 41.6 Å². The van der Waals surface area contributed by atoms with Crippen LogP contribution in [0.25, 0.3) is 11.0 Å². The van der Waals surface area contributed by atoms with Crippen LogP contribution in [0.4, 0.5) is 8.78 Å². The number of rotatable bonds is 5. The Morgan fingerprint density at radius 2 is 2.00 bits per heavy atom. The Balaban J connectivity index is 1.57. The molecule has 3 rings (SSSR count). The van der Waals surface area contributed by atoms with Crippen LogP contribution in [0.1, 0.15) is 11.1 Å². The summed E-state index contributed by atoms with van der Waals surface area (Å²) in [5.41, 5.74) is 2.91. The number of fused-ring (bicyclic) bond motifs is 1. The van der Waals surface area contributed by atoms with E-state index in [-0.39, 0.29) is 11.7 Å². The minimum absolute atomic E-state index is 0.138. The van der Waals surface area contributed by atoms with Crippen molar-refractivity contribution < 1.29 is 13.6 Å². The van der Waals surface area contributed by atoms with Crippen LogP contribution in [-0.4, -0.2) is 21.6 Å². The van der Waals surface area contributed by atoms with E-state index in [0.717, 1.165) is 23.3 Å². The number of nitrogens with zero attached hydrogens (tertiary/aromatic N) is 1. The summed E-state index contributed by atoms with van der Waals surface area (Å²) in [4.78, 5) is 18.9. The third-order valence-electron chi connectivity index (χ3n) is 3.58. The molecular weight excluding hydrogens is 332 g/mol. The number of benzene rings is 2. The molecule has 2 N–H and O–H groups in total. The van der Waals surface area contributed by atoms with Crippen molar-refractivity contribution >= 4 is 28.7 Å². The molecule has 0 bridgehead atoms. The molecule has 0 aliphatic rings. The van der Waals surface area contributed by atoms with E-state index in [1.165, 1.54) is 11.8 Å². The maximum atomic E-state index is 13.2. The smallest absolute Gasteiger partial charge is 0.230 e. The molecule has 3 aromatic rings. The van der Waals surface area contributed by atoms with Gasteiger partial charge >= 0.3 is 0 Å². The van der Waals surface area contributed by atoms with Crippen LogP contribution in [0.5, 0.6) is 0 Å². The molecule has 1 aromatic heterocycles. The summed E-state index contributed by atoms with van der Waals surface area (Å²) in [5.74, 6) is -1.85. The predicted octanol–water partition coefficient (Wildman–Crippen LogP) is 3.56. The Kier molecular flexibility index (Phi) is 4.80. The first-order chi connectivity index (χ1) is 11.5. The van der Waals surface area contributed by atoms with Crippen molar-refractivity contribution in [2.75, 3.05) is 5.75 Å². The first-order valence-electron chi connectivity index (χ1n) is 7.31.